The summed E-state index contributed by atoms with van der Waals surface area (Å²) < 4.78 is 2.90. The van der Waals surface area contributed by atoms with Gasteiger partial charge in [0.05, 0.1) is 11.0 Å². The van der Waals surface area contributed by atoms with Crippen LogP contribution in [0.5, 0.6) is 0 Å². The minimum atomic E-state index is -0.702. The minimum absolute atomic E-state index is 0.142. The van der Waals surface area contributed by atoms with Gasteiger partial charge >= 0.3 is 5.69 Å². The lowest BCUT2D eigenvalue weighted by molar-refractivity contribution is -0.128. The number of aromatic nitrogens is 2. The number of imidazole rings is 1. The van der Waals surface area contributed by atoms with Crippen molar-refractivity contribution in [2.75, 3.05) is 0 Å². The second-order valence-corrected chi connectivity index (χ2v) is 6.41. The van der Waals surface area contributed by atoms with Crippen LogP contribution in [0.25, 0.3) is 11.0 Å². The molecule has 27 heavy (non-hydrogen) atoms. The Morgan fingerprint density at radius 2 is 1.63 bits per heavy atom. The predicted molar refractivity (Wildman–Crippen MR) is 103 cm³/mol. The van der Waals surface area contributed by atoms with Crippen LogP contribution in [-0.2, 0) is 29.7 Å². The minimum Gasteiger partial charge on any atom is -0.350 e. The molecular formula is C20H22N4O3. The highest BCUT2D eigenvalue weighted by molar-refractivity contribution is 5.88. The van der Waals surface area contributed by atoms with Crippen molar-refractivity contribution in [3.8, 4) is 0 Å². The Morgan fingerprint density at radius 3 is 2.33 bits per heavy atom. The van der Waals surface area contributed by atoms with Crippen LogP contribution in [-0.4, -0.2) is 27.0 Å². The fourth-order valence-corrected chi connectivity index (χ4v) is 2.95. The third-order valence-electron chi connectivity index (χ3n) is 4.43. The monoisotopic (exact) mass is 366 g/mol. The average molecular weight is 366 g/mol. The first-order chi connectivity index (χ1) is 13.0. The first-order valence-corrected chi connectivity index (χ1v) is 8.72. The summed E-state index contributed by atoms with van der Waals surface area (Å²) in [5.41, 5.74) is 2.14. The Hall–Kier alpha value is -3.35. The van der Waals surface area contributed by atoms with Crippen LogP contribution in [0, 0.1) is 0 Å². The van der Waals surface area contributed by atoms with E-state index >= 15 is 0 Å². The molecule has 7 heteroatoms. The van der Waals surface area contributed by atoms with E-state index in [2.05, 4.69) is 10.6 Å². The topological polar surface area (TPSA) is 85.1 Å². The zero-order chi connectivity index (χ0) is 19.4. The smallest absolute Gasteiger partial charge is 0.329 e. The van der Waals surface area contributed by atoms with E-state index in [9.17, 15) is 14.4 Å². The molecule has 2 N–H and O–H groups in total. The van der Waals surface area contributed by atoms with E-state index in [1.807, 2.05) is 48.5 Å². The summed E-state index contributed by atoms with van der Waals surface area (Å²) in [6, 6.07) is 16.1. The van der Waals surface area contributed by atoms with E-state index < -0.39 is 11.9 Å². The van der Waals surface area contributed by atoms with Gasteiger partial charge in [0.15, 0.2) is 0 Å². The van der Waals surface area contributed by atoms with E-state index in [1.54, 1.807) is 20.0 Å². The van der Waals surface area contributed by atoms with Gasteiger partial charge in [-0.2, -0.15) is 0 Å². The maximum absolute atomic E-state index is 12.4. The Kier molecular flexibility index (Phi) is 5.40. The second kappa shape index (κ2) is 7.90. The maximum Gasteiger partial charge on any atom is 0.329 e. The highest BCUT2D eigenvalue weighted by Gasteiger charge is 2.18. The van der Waals surface area contributed by atoms with Gasteiger partial charge in [0.2, 0.25) is 11.8 Å². The molecule has 0 saturated heterocycles. The van der Waals surface area contributed by atoms with Crippen molar-refractivity contribution in [1.82, 2.24) is 19.8 Å². The molecule has 7 nitrogen and oxygen atoms in total. The van der Waals surface area contributed by atoms with E-state index in [-0.39, 0.29) is 18.1 Å². The number of para-hydroxylation sites is 2. The molecule has 2 amide bonds. The number of carbonyl (C=O) groups is 2. The molecule has 0 unspecified atom stereocenters. The molecule has 0 aliphatic rings. The maximum atomic E-state index is 12.4. The van der Waals surface area contributed by atoms with Gasteiger partial charge in [-0.3, -0.25) is 18.7 Å². The average Bonchev–Trinajstić information content (AvgIpc) is 2.92. The first-order valence-electron chi connectivity index (χ1n) is 8.72. The van der Waals surface area contributed by atoms with Crippen molar-refractivity contribution >= 4 is 22.8 Å². The van der Waals surface area contributed by atoms with Crippen molar-refractivity contribution in [2.45, 2.75) is 26.1 Å². The summed E-state index contributed by atoms with van der Waals surface area (Å²) in [6.07, 6.45) is 0. The molecule has 0 radical (unpaired) electrons. The number of aryl methyl sites for hydroxylation is 1. The highest BCUT2D eigenvalue weighted by Crippen LogP contribution is 2.11. The largest absolute Gasteiger partial charge is 0.350 e. The highest BCUT2D eigenvalue weighted by atomic mass is 16.2. The van der Waals surface area contributed by atoms with Gasteiger partial charge in [0.1, 0.15) is 12.6 Å². The standard InChI is InChI=1S/C20H22N4O3/c1-14(19(26)21-12-15-8-4-3-5-9-15)22-18(25)13-24-17-11-7-6-10-16(17)23(2)20(24)27/h3-11,14H,12-13H2,1-2H3,(H,21,26)(H,22,25)/t14-/m1/s1. The number of benzene rings is 2. The van der Waals surface area contributed by atoms with E-state index in [0.29, 0.717) is 12.1 Å². The fraction of sp³-hybridized carbons (Fsp3) is 0.250. The number of fused-ring (bicyclic) bond motifs is 1. The van der Waals surface area contributed by atoms with Crippen molar-refractivity contribution < 1.29 is 9.59 Å². The van der Waals surface area contributed by atoms with Gasteiger partial charge in [-0.25, -0.2) is 4.79 Å². The summed E-state index contributed by atoms with van der Waals surface area (Å²) in [5.74, 6) is -0.673. The van der Waals surface area contributed by atoms with Crippen molar-refractivity contribution in [3.05, 3.63) is 70.6 Å². The summed E-state index contributed by atoms with van der Waals surface area (Å²) in [7, 11) is 1.67. The van der Waals surface area contributed by atoms with E-state index in [1.165, 1.54) is 9.13 Å². The number of nitrogens with zero attached hydrogens (tertiary/aromatic N) is 2. The molecule has 2 aromatic carbocycles. The van der Waals surface area contributed by atoms with Gasteiger partial charge in [-0.05, 0) is 24.6 Å². The lowest BCUT2D eigenvalue weighted by Crippen LogP contribution is -2.46. The third-order valence-corrected chi connectivity index (χ3v) is 4.43. The predicted octanol–water partition coefficient (Wildman–Crippen LogP) is 1.16. The van der Waals surface area contributed by atoms with Crippen LogP contribution >= 0.6 is 0 Å². The van der Waals surface area contributed by atoms with Crippen LogP contribution in [0.3, 0.4) is 0 Å². The number of carbonyl (C=O) groups excluding carboxylic acids is 2. The number of amides is 2. The molecule has 0 aliphatic carbocycles. The normalized spacial score (nSPS) is 11.9. The number of rotatable bonds is 6. The fourth-order valence-electron chi connectivity index (χ4n) is 2.95. The molecule has 1 aromatic heterocycles. The summed E-state index contributed by atoms with van der Waals surface area (Å²) in [5, 5.41) is 5.43. The molecule has 1 atom stereocenters. The number of hydrogen-bond donors (Lipinski definition) is 2. The van der Waals surface area contributed by atoms with Crippen molar-refractivity contribution in [2.24, 2.45) is 7.05 Å². The lowest BCUT2D eigenvalue weighted by atomic mass is 10.2. The van der Waals surface area contributed by atoms with Crippen LogP contribution in [0.4, 0.5) is 0 Å². The molecule has 0 bridgehead atoms. The number of hydrogen-bond acceptors (Lipinski definition) is 3. The SMILES string of the molecule is C[C@@H](NC(=O)Cn1c(=O)n(C)c2ccccc21)C(=O)NCc1ccccc1. The summed E-state index contributed by atoms with van der Waals surface area (Å²) in [6.45, 7) is 1.86. The Bertz CT molecular complexity index is 1020. The van der Waals surface area contributed by atoms with Crippen LogP contribution < -0.4 is 16.3 Å². The zero-order valence-corrected chi connectivity index (χ0v) is 15.3. The molecule has 0 saturated carbocycles. The van der Waals surface area contributed by atoms with Crippen molar-refractivity contribution in [3.63, 3.8) is 0 Å². The molecule has 140 valence electrons. The molecule has 3 rings (SSSR count). The Morgan fingerprint density at radius 1 is 1.00 bits per heavy atom. The van der Waals surface area contributed by atoms with E-state index in [4.69, 9.17) is 0 Å². The Labute approximate surface area is 156 Å². The quantitative estimate of drug-likeness (QED) is 0.687. The van der Waals surface area contributed by atoms with Gasteiger partial charge in [0, 0.05) is 13.6 Å². The summed E-state index contributed by atoms with van der Waals surface area (Å²) >= 11 is 0. The molecule has 0 spiro atoms. The van der Waals surface area contributed by atoms with E-state index in [0.717, 1.165) is 11.1 Å². The second-order valence-electron chi connectivity index (χ2n) is 6.41. The lowest BCUT2D eigenvalue weighted by Gasteiger charge is -2.14. The molecule has 0 fully saturated rings. The number of nitrogens with one attached hydrogen (secondary N) is 2. The molecule has 0 aliphatic heterocycles. The van der Waals surface area contributed by atoms with Gasteiger partial charge in [-0.1, -0.05) is 42.5 Å². The van der Waals surface area contributed by atoms with Gasteiger partial charge in [-0.15, -0.1) is 0 Å². The first kappa shape index (κ1) is 18.4. The van der Waals surface area contributed by atoms with Gasteiger partial charge in [0.25, 0.3) is 0 Å². The van der Waals surface area contributed by atoms with Gasteiger partial charge < -0.3 is 10.6 Å². The Balaban J connectivity index is 1.61. The van der Waals surface area contributed by atoms with Crippen LogP contribution in [0.1, 0.15) is 12.5 Å². The summed E-state index contributed by atoms with van der Waals surface area (Å²) in [4.78, 5) is 36.9. The molecule has 3 aromatic rings. The zero-order valence-electron chi connectivity index (χ0n) is 15.3. The third kappa shape index (κ3) is 4.08. The molecular weight excluding hydrogens is 344 g/mol. The van der Waals surface area contributed by atoms with Crippen molar-refractivity contribution in [1.29, 1.82) is 0 Å². The molecule has 1 heterocycles. The van der Waals surface area contributed by atoms with Crippen LogP contribution in [0.2, 0.25) is 0 Å². The van der Waals surface area contributed by atoms with Crippen LogP contribution in [0.15, 0.2) is 59.4 Å².